The van der Waals surface area contributed by atoms with Gasteiger partial charge in [-0.05, 0) is 30.7 Å². The number of benzene rings is 1. The topological polar surface area (TPSA) is 35.8 Å². The lowest BCUT2D eigenvalue weighted by Crippen LogP contribution is -2.36. The first-order chi connectivity index (χ1) is 7.65. The SMILES string of the molecule is CC(NC(C#N)C1(C)CC1)c1ccccc1. The predicted molar refractivity (Wildman–Crippen MR) is 64.7 cm³/mol. The van der Waals surface area contributed by atoms with Crippen LogP contribution in [-0.2, 0) is 0 Å². The van der Waals surface area contributed by atoms with Gasteiger partial charge in [0.2, 0.25) is 0 Å². The first-order valence-electron chi connectivity index (χ1n) is 5.86. The van der Waals surface area contributed by atoms with Crippen molar-refractivity contribution < 1.29 is 0 Å². The molecule has 1 fully saturated rings. The van der Waals surface area contributed by atoms with Crippen molar-refractivity contribution in [2.75, 3.05) is 0 Å². The molecular weight excluding hydrogens is 196 g/mol. The Balaban J connectivity index is 2.02. The minimum atomic E-state index is -0.0253. The highest BCUT2D eigenvalue weighted by Gasteiger charge is 2.45. The normalized spacial score (nSPS) is 20.8. The van der Waals surface area contributed by atoms with Crippen LogP contribution in [0.25, 0.3) is 0 Å². The molecule has 84 valence electrons. The minimum absolute atomic E-state index is 0.0253. The van der Waals surface area contributed by atoms with Crippen LogP contribution < -0.4 is 5.32 Å². The molecule has 16 heavy (non-hydrogen) atoms. The number of nitrogens with zero attached hydrogens (tertiary/aromatic N) is 1. The van der Waals surface area contributed by atoms with Crippen LogP contribution in [0.3, 0.4) is 0 Å². The Morgan fingerprint density at radius 3 is 2.44 bits per heavy atom. The first kappa shape index (κ1) is 11.2. The molecule has 2 atom stereocenters. The summed E-state index contributed by atoms with van der Waals surface area (Å²) in [5, 5.41) is 12.6. The molecule has 0 bridgehead atoms. The lowest BCUT2D eigenvalue weighted by Gasteiger charge is -2.23. The lowest BCUT2D eigenvalue weighted by atomic mass is 9.98. The van der Waals surface area contributed by atoms with E-state index in [2.05, 4.69) is 37.4 Å². The van der Waals surface area contributed by atoms with Gasteiger partial charge in [-0.1, -0.05) is 37.3 Å². The van der Waals surface area contributed by atoms with Crippen LogP contribution in [0.2, 0.25) is 0 Å². The Morgan fingerprint density at radius 1 is 1.31 bits per heavy atom. The fourth-order valence-corrected chi connectivity index (χ4v) is 1.97. The maximum atomic E-state index is 9.18. The number of hydrogen-bond acceptors (Lipinski definition) is 2. The third kappa shape index (κ3) is 2.25. The Morgan fingerprint density at radius 2 is 1.94 bits per heavy atom. The molecule has 0 aliphatic heterocycles. The van der Waals surface area contributed by atoms with Crippen LogP contribution in [0.1, 0.15) is 38.3 Å². The quantitative estimate of drug-likeness (QED) is 0.836. The molecule has 1 saturated carbocycles. The fourth-order valence-electron chi connectivity index (χ4n) is 1.97. The van der Waals surface area contributed by atoms with Crippen molar-refractivity contribution in [2.45, 2.75) is 38.8 Å². The van der Waals surface area contributed by atoms with Crippen molar-refractivity contribution in [2.24, 2.45) is 5.41 Å². The average molecular weight is 214 g/mol. The van der Waals surface area contributed by atoms with E-state index in [0.29, 0.717) is 0 Å². The highest BCUT2D eigenvalue weighted by atomic mass is 15.0. The standard InChI is InChI=1S/C14H18N2/c1-11(12-6-4-3-5-7-12)16-13(10-15)14(2)8-9-14/h3-7,11,13,16H,8-9H2,1-2H3. The van der Waals surface area contributed by atoms with Crippen LogP contribution in [0.15, 0.2) is 30.3 Å². The maximum Gasteiger partial charge on any atom is 0.101 e. The minimum Gasteiger partial charge on any atom is -0.295 e. The number of nitrogens with one attached hydrogen (secondary N) is 1. The van der Waals surface area contributed by atoms with Crippen molar-refractivity contribution in [3.63, 3.8) is 0 Å². The molecule has 0 spiro atoms. The second-order valence-electron chi connectivity index (χ2n) is 5.02. The largest absolute Gasteiger partial charge is 0.295 e. The zero-order valence-electron chi connectivity index (χ0n) is 9.90. The Bertz CT molecular complexity index is 387. The number of nitriles is 1. The van der Waals surface area contributed by atoms with E-state index in [1.165, 1.54) is 18.4 Å². The molecule has 1 N–H and O–H groups in total. The highest BCUT2D eigenvalue weighted by Crippen LogP contribution is 2.48. The Kier molecular flexibility index (Phi) is 2.98. The van der Waals surface area contributed by atoms with Crippen LogP contribution in [0.5, 0.6) is 0 Å². The van der Waals surface area contributed by atoms with E-state index in [1.807, 2.05) is 18.2 Å². The monoisotopic (exact) mass is 214 g/mol. The van der Waals surface area contributed by atoms with Crippen LogP contribution in [-0.4, -0.2) is 6.04 Å². The summed E-state index contributed by atoms with van der Waals surface area (Å²) in [5.74, 6) is 0. The lowest BCUT2D eigenvalue weighted by molar-refractivity contribution is 0.389. The molecule has 2 rings (SSSR count). The molecule has 1 aromatic rings. The molecule has 2 nitrogen and oxygen atoms in total. The van der Waals surface area contributed by atoms with Crippen LogP contribution >= 0.6 is 0 Å². The van der Waals surface area contributed by atoms with Gasteiger partial charge in [0.1, 0.15) is 6.04 Å². The molecule has 0 aromatic heterocycles. The van der Waals surface area contributed by atoms with Gasteiger partial charge in [-0.2, -0.15) is 5.26 Å². The van der Waals surface area contributed by atoms with Gasteiger partial charge < -0.3 is 0 Å². The second-order valence-corrected chi connectivity index (χ2v) is 5.02. The highest BCUT2D eigenvalue weighted by molar-refractivity contribution is 5.20. The summed E-state index contributed by atoms with van der Waals surface area (Å²) in [6.45, 7) is 4.30. The summed E-state index contributed by atoms with van der Waals surface area (Å²) in [7, 11) is 0. The summed E-state index contributed by atoms with van der Waals surface area (Å²) < 4.78 is 0. The Labute approximate surface area is 97.3 Å². The van der Waals surface area contributed by atoms with E-state index in [-0.39, 0.29) is 17.5 Å². The van der Waals surface area contributed by atoms with Gasteiger partial charge >= 0.3 is 0 Å². The van der Waals surface area contributed by atoms with Gasteiger partial charge in [0, 0.05) is 6.04 Å². The van der Waals surface area contributed by atoms with Crippen molar-refractivity contribution in [1.29, 1.82) is 5.26 Å². The molecule has 2 heteroatoms. The van der Waals surface area contributed by atoms with E-state index < -0.39 is 0 Å². The van der Waals surface area contributed by atoms with E-state index in [4.69, 9.17) is 0 Å². The van der Waals surface area contributed by atoms with E-state index >= 15 is 0 Å². The zero-order chi connectivity index (χ0) is 11.6. The molecule has 0 heterocycles. The maximum absolute atomic E-state index is 9.18. The van der Waals surface area contributed by atoms with Gasteiger partial charge in [-0.3, -0.25) is 5.32 Å². The van der Waals surface area contributed by atoms with Crippen molar-refractivity contribution >= 4 is 0 Å². The summed E-state index contributed by atoms with van der Waals surface area (Å²) in [4.78, 5) is 0. The molecule has 0 radical (unpaired) electrons. The van der Waals surface area contributed by atoms with Gasteiger partial charge in [-0.25, -0.2) is 0 Å². The average Bonchev–Trinajstić information content (AvgIpc) is 3.06. The second kappa shape index (κ2) is 4.27. The molecule has 1 aliphatic carbocycles. The Hall–Kier alpha value is -1.33. The van der Waals surface area contributed by atoms with Gasteiger partial charge in [0.25, 0.3) is 0 Å². The number of rotatable bonds is 4. The molecule has 1 aliphatic rings. The van der Waals surface area contributed by atoms with Crippen LogP contribution in [0, 0.1) is 16.7 Å². The van der Waals surface area contributed by atoms with Gasteiger partial charge in [0.15, 0.2) is 0 Å². The van der Waals surface area contributed by atoms with Crippen molar-refractivity contribution in [3.05, 3.63) is 35.9 Å². The predicted octanol–water partition coefficient (Wildman–Crippen LogP) is 3.03. The van der Waals surface area contributed by atoms with E-state index in [9.17, 15) is 5.26 Å². The zero-order valence-corrected chi connectivity index (χ0v) is 9.90. The third-order valence-electron chi connectivity index (χ3n) is 3.58. The smallest absolute Gasteiger partial charge is 0.101 e. The molecule has 0 saturated heterocycles. The first-order valence-corrected chi connectivity index (χ1v) is 5.86. The third-order valence-corrected chi connectivity index (χ3v) is 3.58. The molecule has 1 aromatic carbocycles. The summed E-state index contributed by atoms with van der Waals surface area (Å²) >= 11 is 0. The molecule has 0 amide bonds. The summed E-state index contributed by atoms with van der Waals surface area (Å²) in [5.41, 5.74) is 1.45. The number of hydrogen-bond donors (Lipinski definition) is 1. The van der Waals surface area contributed by atoms with E-state index in [0.717, 1.165) is 0 Å². The summed E-state index contributed by atoms with van der Waals surface area (Å²) in [6.07, 6.45) is 2.33. The summed E-state index contributed by atoms with van der Waals surface area (Å²) in [6, 6.07) is 12.9. The van der Waals surface area contributed by atoms with Crippen molar-refractivity contribution in [3.8, 4) is 6.07 Å². The van der Waals surface area contributed by atoms with E-state index in [1.54, 1.807) is 0 Å². The van der Waals surface area contributed by atoms with Crippen molar-refractivity contribution in [1.82, 2.24) is 5.32 Å². The molecule has 2 unspecified atom stereocenters. The van der Waals surface area contributed by atoms with Gasteiger partial charge in [-0.15, -0.1) is 0 Å². The molecular formula is C14H18N2. The van der Waals surface area contributed by atoms with Gasteiger partial charge in [0.05, 0.1) is 6.07 Å². The fraction of sp³-hybridized carbons (Fsp3) is 0.500. The van der Waals surface area contributed by atoms with Crippen LogP contribution in [0.4, 0.5) is 0 Å².